The molecule has 0 N–H and O–H groups in total. The fourth-order valence-corrected chi connectivity index (χ4v) is 3.75. The van der Waals surface area contributed by atoms with Gasteiger partial charge in [0.05, 0.1) is 5.69 Å². The maximum atomic E-state index is 13.1. The summed E-state index contributed by atoms with van der Waals surface area (Å²) in [6, 6.07) is 11.6. The molecule has 2 atom stereocenters. The van der Waals surface area contributed by atoms with Gasteiger partial charge >= 0.3 is 0 Å². The predicted octanol–water partition coefficient (Wildman–Crippen LogP) is 3.16. The third-order valence-corrected chi connectivity index (χ3v) is 5.68. The number of anilines is 1. The minimum Gasteiger partial charge on any atom is -0.337 e. The molecule has 0 radical (unpaired) electrons. The number of benzene rings is 2. The Kier molecular flexibility index (Phi) is 4.39. The van der Waals surface area contributed by atoms with Crippen molar-refractivity contribution in [3.63, 3.8) is 0 Å². The second-order valence-electron chi connectivity index (χ2n) is 7.85. The summed E-state index contributed by atoms with van der Waals surface area (Å²) in [5, 5.41) is 13.5. The number of rotatable bonds is 4. The van der Waals surface area contributed by atoms with Crippen LogP contribution in [0.2, 0.25) is 0 Å². The maximum Gasteiger partial charge on any atom is 0.263 e. The van der Waals surface area contributed by atoms with Gasteiger partial charge in [-0.3, -0.25) is 14.6 Å². The lowest BCUT2D eigenvalue weighted by Crippen LogP contribution is -2.39. The summed E-state index contributed by atoms with van der Waals surface area (Å²) < 4.78 is 5.35. The molecule has 0 bridgehead atoms. The molecule has 5 rings (SSSR count). The zero-order valence-corrected chi connectivity index (χ0v) is 17.3. The molecule has 31 heavy (non-hydrogen) atoms. The first-order valence-electron chi connectivity index (χ1n) is 9.94. The first-order chi connectivity index (χ1) is 14.9. The molecular formula is C22H20N6O3. The summed E-state index contributed by atoms with van der Waals surface area (Å²) in [6.45, 7) is 6.01. The highest BCUT2D eigenvalue weighted by Gasteiger charge is 2.55. The van der Waals surface area contributed by atoms with Crippen LogP contribution < -0.4 is 4.90 Å². The standard InChI is InChI=1S/C22H20N6O3/c1-12-4-7-15(8-5-12)20-23-17(31-25-20)11-27-19-18(24-26-27)21(29)28(22(19)30)16-9-6-13(2)14(3)10-16/h4-10,18-19H,11H2,1-3H3/t18-,19-/m1/s1. The Balaban J connectivity index is 1.36. The van der Waals surface area contributed by atoms with Gasteiger partial charge in [0.15, 0.2) is 12.1 Å². The van der Waals surface area contributed by atoms with E-state index in [9.17, 15) is 9.59 Å². The molecule has 0 spiro atoms. The molecule has 0 aliphatic carbocycles. The van der Waals surface area contributed by atoms with Crippen molar-refractivity contribution in [3.8, 4) is 11.4 Å². The van der Waals surface area contributed by atoms with Gasteiger partial charge in [0.25, 0.3) is 11.8 Å². The average molecular weight is 416 g/mol. The fourth-order valence-electron chi connectivity index (χ4n) is 3.75. The number of amides is 2. The highest BCUT2D eigenvalue weighted by Crippen LogP contribution is 2.33. The van der Waals surface area contributed by atoms with Crippen LogP contribution in [0.5, 0.6) is 0 Å². The molecule has 1 saturated heterocycles. The number of imide groups is 1. The number of nitrogens with zero attached hydrogens (tertiary/aromatic N) is 6. The lowest BCUT2D eigenvalue weighted by Gasteiger charge is -2.19. The third kappa shape index (κ3) is 3.18. The summed E-state index contributed by atoms with van der Waals surface area (Å²) in [7, 11) is 0. The zero-order chi connectivity index (χ0) is 21.7. The van der Waals surface area contributed by atoms with Gasteiger partial charge in [0.1, 0.15) is 6.54 Å². The Morgan fingerprint density at radius 1 is 0.968 bits per heavy atom. The number of carbonyl (C=O) groups excluding carboxylic acids is 2. The van der Waals surface area contributed by atoms with E-state index in [1.807, 2.05) is 57.2 Å². The van der Waals surface area contributed by atoms with Crippen LogP contribution in [0, 0.1) is 20.8 Å². The van der Waals surface area contributed by atoms with E-state index in [0.717, 1.165) is 22.3 Å². The molecule has 0 saturated carbocycles. The Morgan fingerprint density at radius 2 is 1.74 bits per heavy atom. The second kappa shape index (κ2) is 7.12. The molecule has 1 aromatic heterocycles. The van der Waals surface area contributed by atoms with Crippen LogP contribution in [0.15, 0.2) is 57.3 Å². The van der Waals surface area contributed by atoms with Crippen molar-refractivity contribution < 1.29 is 14.1 Å². The molecule has 3 heterocycles. The van der Waals surface area contributed by atoms with E-state index in [1.54, 1.807) is 6.07 Å². The van der Waals surface area contributed by atoms with E-state index in [1.165, 1.54) is 9.91 Å². The van der Waals surface area contributed by atoms with Crippen molar-refractivity contribution in [3.05, 3.63) is 65.0 Å². The van der Waals surface area contributed by atoms with Crippen molar-refractivity contribution in [2.45, 2.75) is 39.4 Å². The van der Waals surface area contributed by atoms with Gasteiger partial charge in [0, 0.05) is 5.56 Å². The maximum absolute atomic E-state index is 13.1. The largest absolute Gasteiger partial charge is 0.337 e. The quantitative estimate of drug-likeness (QED) is 0.605. The van der Waals surface area contributed by atoms with Gasteiger partial charge < -0.3 is 4.52 Å². The molecule has 9 nitrogen and oxygen atoms in total. The summed E-state index contributed by atoms with van der Waals surface area (Å²) in [5.41, 5.74) is 4.60. The van der Waals surface area contributed by atoms with Crippen molar-refractivity contribution in [2.75, 3.05) is 4.90 Å². The lowest BCUT2D eigenvalue weighted by atomic mass is 10.1. The van der Waals surface area contributed by atoms with Crippen molar-refractivity contribution in [1.29, 1.82) is 0 Å². The van der Waals surface area contributed by atoms with Crippen LogP contribution in [0.4, 0.5) is 5.69 Å². The number of hydrogen-bond donors (Lipinski definition) is 0. The van der Waals surface area contributed by atoms with E-state index >= 15 is 0 Å². The first-order valence-corrected chi connectivity index (χ1v) is 9.94. The summed E-state index contributed by atoms with van der Waals surface area (Å²) in [6.07, 6.45) is 0. The molecule has 2 amide bonds. The topological polar surface area (TPSA) is 104 Å². The molecule has 0 unspecified atom stereocenters. The molecular weight excluding hydrogens is 396 g/mol. The van der Waals surface area contributed by atoms with Gasteiger partial charge in [-0.05, 0) is 44.0 Å². The lowest BCUT2D eigenvalue weighted by molar-refractivity contribution is -0.123. The van der Waals surface area contributed by atoms with E-state index in [-0.39, 0.29) is 18.4 Å². The Hall–Kier alpha value is -3.88. The minimum absolute atomic E-state index is 0.0866. The second-order valence-corrected chi connectivity index (χ2v) is 7.85. The molecule has 2 aromatic carbocycles. The minimum atomic E-state index is -0.867. The highest BCUT2D eigenvalue weighted by molar-refractivity contribution is 6.25. The van der Waals surface area contributed by atoms with Crippen molar-refractivity contribution >= 4 is 17.5 Å². The van der Waals surface area contributed by atoms with Crippen LogP contribution in [0.1, 0.15) is 22.6 Å². The predicted molar refractivity (Wildman–Crippen MR) is 111 cm³/mol. The molecule has 2 aliphatic heterocycles. The van der Waals surface area contributed by atoms with Gasteiger partial charge in [-0.15, -0.1) is 0 Å². The van der Waals surface area contributed by atoms with Gasteiger partial charge in [0.2, 0.25) is 11.7 Å². The third-order valence-electron chi connectivity index (χ3n) is 5.68. The van der Waals surface area contributed by atoms with Crippen LogP contribution in [0.25, 0.3) is 11.4 Å². The number of aryl methyl sites for hydroxylation is 3. The number of carbonyl (C=O) groups is 2. The SMILES string of the molecule is Cc1ccc(-c2noc(CN3N=N[C@H]4C(=O)N(c5ccc(C)c(C)c5)C(=O)[C@@H]43)n2)cc1. The van der Waals surface area contributed by atoms with E-state index in [0.29, 0.717) is 17.4 Å². The Labute approximate surface area is 178 Å². The Bertz CT molecular complexity index is 1220. The van der Waals surface area contributed by atoms with Crippen molar-refractivity contribution in [1.82, 2.24) is 15.1 Å². The molecule has 9 heteroatoms. The van der Waals surface area contributed by atoms with Gasteiger partial charge in [-0.2, -0.15) is 10.1 Å². The zero-order valence-electron chi connectivity index (χ0n) is 17.3. The smallest absolute Gasteiger partial charge is 0.263 e. The molecule has 156 valence electrons. The number of fused-ring (bicyclic) bond motifs is 1. The first kappa shape index (κ1) is 19.1. The fraction of sp³-hybridized carbons (Fsp3) is 0.273. The summed E-state index contributed by atoms with van der Waals surface area (Å²) in [5.74, 6) is 0.00484. The summed E-state index contributed by atoms with van der Waals surface area (Å²) in [4.78, 5) is 31.6. The van der Waals surface area contributed by atoms with E-state index < -0.39 is 12.1 Å². The van der Waals surface area contributed by atoms with Crippen LogP contribution in [-0.2, 0) is 16.1 Å². The van der Waals surface area contributed by atoms with E-state index in [4.69, 9.17) is 4.52 Å². The van der Waals surface area contributed by atoms with Crippen molar-refractivity contribution in [2.24, 2.45) is 10.3 Å². The van der Waals surface area contributed by atoms with E-state index in [2.05, 4.69) is 20.5 Å². The Morgan fingerprint density at radius 3 is 2.48 bits per heavy atom. The van der Waals surface area contributed by atoms with Gasteiger partial charge in [-0.25, -0.2) is 4.90 Å². The monoisotopic (exact) mass is 416 g/mol. The number of aromatic nitrogens is 2. The molecule has 1 fully saturated rings. The highest BCUT2D eigenvalue weighted by atomic mass is 16.5. The van der Waals surface area contributed by atoms with Crippen LogP contribution in [0.3, 0.4) is 0 Å². The van der Waals surface area contributed by atoms with Crippen LogP contribution >= 0.6 is 0 Å². The normalized spacial score (nSPS) is 20.1. The molecule has 3 aromatic rings. The van der Waals surface area contributed by atoms with Gasteiger partial charge in [-0.1, -0.05) is 46.3 Å². The average Bonchev–Trinajstić information content (AvgIpc) is 3.44. The summed E-state index contributed by atoms with van der Waals surface area (Å²) >= 11 is 0. The number of hydrogen-bond acceptors (Lipinski definition) is 8. The van der Waals surface area contributed by atoms with Crippen LogP contribution in [-0.4, -0.2) is 39.0 Å². The molecule has 2 aliphatic rings.